The Kier molecular flexibility index (Phi) is 4.15. The van der Waals surface area contributed by atoms with Crippen molar-refractivity contribution in [1.29, 1.82) is 0 Å². The Morgan fingerprint density at radius 3 is 2.38 bits per heavy atom. The van der Waals surface area contributed by atoms with E-state index in [1.54, 1.807) is 0 Å². The number of esters is 1. The number of fused-ring (bicyclic) bond motifs is 1. The summed E-state index contributed by atoms with van der Waals surface area (Å²) in [7, 11) is 1.22. The molecule has 0 saturated carbocycles. The molecule has 3 rings (SSSR count). The topological polar surface area (TPSA) is 39.2 Å². The first-order valence-corrected chi connectivity index (χ1v) is 7.12. The van der Waals surface area contributed by atoms with Gasteiger partial charge in [0.1, 0.15) is 22.6 Å². The highest BCUT2D eigenvalue weighted by atomic mass is 35.5. The molecular formula is C17H9ClF3NO2. The number of hydrogen-bond acceptors (Lipinski definition) is 3. The van der Waals surface area contributed by atoms with Crippen LogP contribution in [-0.4, -0.2) is 18.1 Å². The maximum atomic E-state index is 14.1. The molecule has 3 aromatic rings. The van der Waals surface area contributed by atoms with Crippen LogP contribution >= 0.6 is 11.6 Å². The number of methoxy groups -OCH3 is 1. The number of ether oxygens (including phenoxy) is 1. The fraction of sp³-hybridized carbons (Fsp3) is 0.0588. The van der Waals surface area contributed by atoms with Gasteiger partial charge in [0.05, 0.1) is 23.8 Å². The summed E-state index contributed by atoms with van der Waals surface area (Å²) >= 11 is 5.92. The number of rotatable bonds is 2. The lowest BCUT2D eigenvalue weighted by Crippen LogP contribution is -2.01. The molecule has 0 spiro atoms. The summed E-state index contributed by atoms with van der Waals surface area (Å²) in [5.74, 6) is -3.81. The number of benzene rings is 2. The average molecular weight is 352 g/mol. The van der Waals surface area contributed by atoms with E-state index in [9.17, 15) is 18.0 Å². The molecule has 24 heavy (non-hydrogen) atoms. The molecule has 0 radical (unpaired) electrons. The van der Waals surface area contributed by atoms with Crippen LogP contribution in [0, 0.1) is 17.5 Å². The van der Waals surface area contributed by atoms with E-state index in [2.05, 4.69) is 9.72 Å². The van der Waals surface area contributed by atoms with Crippen molar-refractivity contribution in [3.63, 3.8) is 0 Å². The molecule has 7 heteroatoms. The smallest absolute Gasteiger partial charge is 0.337 e. The second-order valence-corrected chi connectivity index (χ2v) is 5.35. The van der Waals surface area contributed by atoms with E-state index < -0.39 is 29.0 Å². The van der Waals surface area contributed by atoms with E-state index in [-0.39, 0.29) is 21.7 Å². The zero-order chi connectivity index (χ0) is 17.4. The van der Waals surface area contributed by atoms with Gasteiger partial charge in [0.2, 0.25) is 0 Å². The third kappa shape index (κ3) is 2.80. The van der Waals surface area contributed by atoms with Crippen molar-refractivity contribution in [3.8, 4) is 11.1 Å². The average Bonchev–Trinajstić information content (AvgIpc) is 2.52. The second kappa shape index (κ2) is 6.13. The summed E-state index contributed by atoms with van der Waals surface area (Å²) in [5, 5.41) is 0.290. The first-order valence-electron chi connectivity index (χ1n) is 6.74. The van der Waals surface area contributed by atoms with Crippen LogP contribution < -0.4 is 0 Å². The third-order valence-corrected chi connectivity index (χ3v) is 3.67. The molecule has 1 heterocycles. The number of carbonyl (C=O) groups is 1. The number of hydrogen-bond donors (Lipinski definition) is 0. The van der Waals surface area contributed by atoms with Crippen LogP contribution in [0.4, 0.5) is 13.2 Å². The van der Waals surface area contributed by atoms with Gasteiger partial charge in [-0.25, -0.2) is 22.9 Å². The standard InChI is InChI=1S/C17H9ClF3NO2/c1-24-17(23)8-2-3-14-10(4-8)11(7-15(18)22-14)16-12(20)5-9(19)6-13(16)21/h2-7H,1H3. The number of nitrogens with zero attached hydrogens (tertiary/aromatic N) is 1. The monoisotopic (exact) mass is 351 g/mol. The van der Waals surface area contributed by atoms with Crippen molar-refractivity contribution in [1.82, 2.24) is 4.98 Å². The minimum atomic E-state index is -1.08. The SMILES string of the molecule is COC(=O)c1ccc2nc(Cl)cc(-c3c(F)cc(F)cc3F)c2c1. The highest BCUT2D eigenvalue weighted by Gasteiger charge is 2.18. The molecule has 0 saturated heterocycles. The molecule has 0 fully saturated rings. The van der Waals surface area contributed by atoms with Crippen molar-refractivity contribution >= 4 is 28.5 Å². The van der Waals surface area contributed by atoms with Crippen LogP contribution in [0.25, 0.3) is 22.0 Å². The molecule has 0 N–H and O–H groups in total. The van der Waals surface area contributed by atoms with E-state index in [4.69, 9.17) is 11.6 Å². The van der Waals surface area contributed by atoms with Gasteiger partial charge in [0.15, 0.2) is 0 Å². The fourth-order valence-corrected chi connectivity index (χ4v) is 2.64. The summed E-state index contributed by atoms with van der Waals surface area (Å²) in [5.41, 5.74) is 0.116. The summed E-state index contributed by atoms with van der Waals surface area (Å²) in [6.45, 7) is 0. The van der Waals surface area contributed by atoms with Crippen LogP contribution in [0.15, 0.2) is 36.4 Å². The highest BCUT2D eigenvalue weighted by Crippen LogP contribution is 2.34. The maximum absolute atomic E-state index is 14.1. The van der Waals surface area contributed by atoms with Gasteiger partial charge in [-0.05, 0) is 24.3 Å². The Morgan fingerprint density at radius 2 is 1.75 bits per heavy atom. The molecule has 0 bridgehead atoms. The molecule has 0 atom stereocenters. The van der Waals surface area contributed by atoms with Gasteiger partial charge in [-0.1, -0.05) is 11.6 Å². The van der Waals surface area contributed by atoms with E-state index >= 15 is 0 Å². The van der Waals surface area contributed by atoms with Crippen molar-refractivity contribution in [2.75, 3.05) is 7.11 Å². The lowest BCUT2D eigenvalue weighted by atomic mass is 9.98. The van der Waals surface area contributed by atoms with Crippen LogP contribution in [0.2, 0.25) is 5.15 Å². The summed E-state index contributed by atoms with van der Waals surface area (Å²) in [6.07, 6.45) is 0. The van der Waals surface area contributed by atoms with Gasteiger partial charge in [-0.2, -0.15) is 0 Å². The number of carbonyl (C=O) groups excluding carboxylic acids is 1. The molecule has 0 aliphatic heterocycles. The maximum Gasteiger partial charge on any atom is 0.337 e. The molecule has 3 nitrogen and oxygen atoms in total. The van der Waals surface area contributed by atoms with Gasteiger partial charge < -0.3 is 4.74 Å². The minimum absolute atomic E-state index is 0.00597. The Hall–Kier alpha value is -2.60. The van der Waals surface area contributed by atoms with E-state index in [0.717, 1.165) is 0 Å². The predicted octanol–water partition coefficient (Wildman–Crippen LogP) is 4.76. The van der Waals surface area contributed by atoms with Crippen molar-refractivity contribution < 1.29 is 22.7 Å². The van der Waals surface area contributed by atoms with Gasteiger partial charge in [-0.15, -0.1) is 0 Å². The molecule has 0 aliphatic rings. The fourth-order valence-electron chi connectivity index (χ4n) is 2.44. The molecular weight excluding hydrogens is 343 g/mol. The van der Waals surface area contributed by atoms with Gasteiger partial charge in [0.25, 0.3) is 0 Å². The van der Waals surface area contributed by atoms with Gasteiger partial charge >= 0.3 is 5.97 Å². The summed E-state index contributed by atoms with van der Waals surface area (Å²) in [6, 6.07) is 6.73. The Balaban J connectivity index is 2.37. The van der Waals surface area contributed by atoms with Crippen LogP contribution in [0.5, 0.6) is 0 Å². The van der Waals surface area contributed by atoms with Gasteiger partial charge in [-0.3, -0.25) is 0 Å². The van der Waals surface area contributed by atoms with Crippen LogP contribution in [0.3, 0.4) is 0 Å². The predicted molar refractivity (Wildman–Crippen MR) is 83.4 cm³/mol. The van der Waals surface area contributed by atoms with Gasteiger partial charge in [0, 0.05) is 23.1 Å². The summed E-state index contributed by atoms with van der Waals surface area (Å²) in [4.78, 5) is 15.7. The lowest BCUT2D eigenvalue weighted by Gasteiger charge is -2.11. The Labute approximate surface area is 139 Å². The molecule has 1 aromatic heterocycles. The van der Waals surface area contributed by atoms with E-state index in [0.29, 0.717) is 17.6 Å². The Morgan fingerprint density at radius 1 is 1.08 bits per heavy atom. The number of pyridine rings is 1. The largest absolute Gasteiger partial charge is 0.465 e. The highest BCUT2D eigenvalue weighted by molar-refractivity contribution is 6.30. The summed E-state index contributed by atoms with van der Waals surface area (Å²) < 4.78 is 46.1. The van der Waals surface area contributed by atoms with Crippen LogP contribution in [-0.2, 0) is 4.74 Å². The zero-order valence-corrected chi connectivity index (χ0v) is 13.0. The van der Waals surface area contributed by atoms with E-state index in [1.807, 2.05) is 0 Å². The molecule has 0 unspecified atom stereocenters. The first-order chi connectivity index (χ1) is 11.4. The quantitative estimate of drug-likeness (QED) is 0.493. The first kappa shape index (κ1) is 16.3. The second-order valence-electron chi connectivity index (χ2n) is 4.96. The van der Waals surface area contributed by atoms with Crippen molar-refractivity contribution in [2.24, 2.45) is 0 Å². The molecule has 122 valence electrons. The molecule has 2 aromatic carbocycles. The third-order valence-electron chi connectivity index (χ3n) is 3.47. The van der Waals surface area contributed by atoms with Crippen molar-refractivity contribution in [2.45, 2.75) is 0 Å². The Bertz CT molecular complexity index is 952. The van der Waals surface area contributed by atoms with E-state index in [1.165, 1.54) is 31.4 Å². The minimum Gasteiger partial charge on any atom is -0.465 e. The molecule has 0 amide bonds. The van der Waals surface area contributed by atoms with Crippen molar-refractivity contribution in [3.05, 3.63) is 64.6 Å². The zero-order valence-electron chi connectivity index (χ0n) is 12.2. The normalized spacial score (nSPS) is 10.9. The molecule has 0 aliphatic carbocycles. The number of halogens is 4. The lowest BCUT2D eigenvalue weighted by molar-refractivity contribution is 0.0601. The van der Waals surface area contributed by atoms with Crippen LogP contribution in [0.1, 0.15) is 10.4 Å². The number of aromatic nitrogens is 1.